The predicted octanol–water partition coefficient (Wildman–Crippen LogP) is -0.706. The number of thiol groups is 1. The van der Waals surface area contributed by atoms with Crippen LogP contribution in [0.5, 0.6) is 0 Å². The maximum Gasteiger partial charge on any atom is 0.394 e. The highest BCUT2D eigenvalue weighted by atomic mass is 32.3. The second kappa shape index (κ2) is 10.1. The van der Waals surface area contributed by atoms with Gasteiger partial charge in [-0.05, 0) is 6.42 Å². The number of carbonyl (C=O) groups excluding carboxylic acids is 2. The van der Waals surface area contributed by atoms with Crippen LogP contribution in [0, 0.1) is 0 Å². The molecule has 0 aliphatic heterocycles. The molecule has 0 aromatic rings. The van der Waals surface area contributed by atoms with Crippen LogP contribution in [0.4, 0.5) is 0 Å². The molecular weight excluding hydrogens is 284 g/mol. The van der Waals surface area contributed by atoms with E-state index in [2.05, 4.69) is 23.3 Å². The van der Waals surface area contributed by atoms with Crippen LogP contribution in [-0.2, 0) is 20.0 Å². The molecule has 2 amide bonds. The van der Waals surface area contributed by atoms with Crippen LogP contribution in [0.2, 0.25) is 0 Å². The van der Waals surface area contributed by atoms with Gasteiger partial charge in [-0.3, -0.25) is 18.7 Å². The Morgan fingerprint density at radius 1 is 1.17 bits per heavy atom. The van der Waals surface area contributed by atoms with Crippen molar-refractivity contribution in [3.05, 3.63) is 0 Å². The SMILES string of the molecule is CC(=O)NCCC(S)CNC(C)=O.O=S(=O)(O)O. The van der Waals surface area contributed by atoms with Crippen LogP contribution in [0.15, 0.2) is 0 Å². The molecule has 0 heterocycles. The fourth-order valence-electron chi connectivity index (χ4n) is 0.778. The second-order valence-electron chi connectivity index (χ2n) is 3.31. The average Bonchev–Trinajstić information content (AvgIpc) is 2.11. The minimum atomic E-state index is -4.67. The number of nitrogens with one attached hydrogen (secondary N) is 2. The van der Waals surface area contributed by atoms with E-state index < -0.39 is 10.4 Å². The Labute approximate surface area is 112 Å². The van der Waals surface area contributed by atoms with Crippen molar-refractivity contribution in [1.29, 1.82) is 0 Å². The van der Waals surface area contributed by atoms with Crippen LogP contribution >= 0.6 is 12.6 Å². The van der Waals surface area contributed by atoms with Gasteiger partial charge in [0.25, 0.3) is 0 Å². The van der Waals surface area contributed by atoms with Crippen LogP contribution in [0.1, 0.15) is 20.3 Å². The minimum Gasteiger partial charge on any atom is -0.356 e. The maximum atomic E-state index is 10.5. The maximum absolute atomic E-state index is 10.5. The third kappa shape index (κ3) is 29.4. The number of amides is 2. The van der Waals surface area contributed by atoms with Crippen molar-refractivity contribution in [2.24, 2.45) is 0 Å². The molecule has 0 aromatic carbocycles. The van der Waals surface area contributed by atoms with Gasteiger partial charge in [-0.25, -0.2) is 0 Å². The van der Waals surface area contributed by atoms with Crippen molar-refractivity contribution in [3.8, 4) is 0 Å². The summed E-state index contributed by atoms with van der Waals surface area (Å²) in [6.07, 6.45) is 0.753. The summed E-state index contributed by atoms with van der Waals surface area (Å²) in [7, 11) is -4.67. The zero-order chi connectivity index (χ0) is 14.8. The molecular formula is C8H18N2O6S2. The molecule has 0 radical (unpaired) electrons. The molecule has 10 heteroatoms. The molecule has 1 atom stereocenters. The van der Waals surface area contributed by atoms with E-state index in [-0.39, 0.29) is 17.1 Å². The monoisotopic (exact) mass is 302 g/mol. The van der Waals surface area contributed by atoms with Crippen molar-refractivity contribution < 1.29 is 27.1 Å². The van der Waals surface area contributed by atoms with E-state index in [4.69, 9.17) is 17.5 Å². The first-order chi connectivity index (χ1) is 8.02. The first-order valence-electron chi connectivity index (χ1n) is 4.89. The Balaban J connectivity index is 0. The third-order valence-corrected chi connectivity index (χ3v) is 1.88. The van der Waals surface area contributed by atoms with E-state index in [0.717, 1.165) is 6.42 Å². The number of carbonyl (C=O) groups is 2. The lowest BCUT2D eigenvalue weighted by molar-refractivity contribution is -0.120. The van der Waals surface area contributed by atoms with Crippen LogP contribution in [-0.4, -0.2) is 47.7 Å². The summed E-state index contributed by atoms with van der Waals surface area (Å²) in [5.41, 5.74) is 0. The number of rotatable bonds is 5. The van der Waals surface area contributed by atoms with E-state index in [1.165, 1.54) is 13.8 Å². The summed E-state index contributed by atoms with van der Waals surface area (Å²) in [5, 5.41) is 5.41. The average molecular weight is 302 g/mol. The lowest BCUT2D eigenvalue weighted by atomic mass is 10.3. The van der Waals surface area contributed by atoms with Crippen LogP contribution in [0.3, 0.4) is 0 Å². The summed E-state index contributed by atoms with van der Waals surface area (Å²) in [6, 6.07) is 0. The molecule has 8 nitrogen and oxygen atoms in total. The molecule has 0 saturated carbocycles. The Kier molecular flexibility index (Phi) is 11.0. The topological polar surface area (TPSA) is 133 Å². The number of hydrogen-bond acceptors (Lipinski definition) is 5. The van der Waals surface area contributed by atoms with Crippen molar-refractivity contribution in [3.63, 3.8) is 0 Å². The molecule has 0 spiro atoms. The van der Waals surface area contributed by atoms with E-state index in [1.807, 2.05) is 0 Å². The first kappa shape index (κ1) is 19.5. The quantitative estimate of drug-likeness (QED) is 0.337. The van der Waals surface area contributed by atoms with Gasteiger partial charge >= 0.3 is 10.4 Å². The van der Waals surface area contributed by atoms with Gasteiger partial charge in [0.15, 0.2) is 0 Å². The highest BCUT2D eigenvalue weighted by Gasteiger charge is 2.03. The van der Waals surface area contributed by atoms with E-state index in [9.17, 15) is 9.59 Å². The van der Waals surface area contributed by atoms with Gasteiger partial charge in [-0.1, -0.05) is 0 Å². The molecule has 108 valence electrons. The van der Waals surface area contributed by atoms with Crippen molar-refractivity contribution in [2.45, 2.75) is 25.5 Å². The smallest absolute Gasteiger partial charge is 0.356 e. The van der Waals surface area contributed by atoms with Gasteiger partial charge < -0.3 is 10.6 Å². The van der Waals surface area contributed by atoms with Gasteiger partial charge in [-0.2, -0.15) is 21.0 Å². The van der Waals surface area contributed by atoms with Crippen LogP contribution in [0.25, 0.3) is 0 Å². The van der Waals surface area contributed by atoms with Gasteiger partial charge in [0.2, 0.25) is 11.8 Å². The number of hydrogen-bond donors (Lipinski definition) is 5. The minimum absolute atomic E-state index is 0.0416. The Morgan fingerprint density at radius 3 is 1.89 bits per heavy atom. The van der Waals surface area contributed by atoms with Gasteiger partial charge in [0.05, 0.1) is 0 Å². The van der Waals surface area contributed by atoms with Crippen molar-refractivity contribution in [2.75, 3.05) is 13.1 Å². The van der Waals surface area contributed by atoms with Crippen molar-refractivity contribution >= 4 is 34.8 Å². The van der Waals surface area contributed by atoms with Crippen molar-refractivity contribution in [1.82, 2.24) is 10.6 Å². The molecule has 1 unspecified atom stereocenters. The molecule has 0 bridgehead atoms. The second-order valence-corrected chi connectivity index (χ2v) is 4.94. The molecule has 0 aliphatic carbocycles. The Morgan fingerprint density at radius 2 is 1.56 bits per heavy atom. The molecule has 0 aromatic heterocycles. The van der Waals surface area contributed by atoms with Gasteiger partial charge in [0.1, 0.15) is 0 Å². The highest BCUT2D eigenvalue weighted by Crippen LogP contribution is 1.97. The lowest BCUT2D eigenvalue weighted by Gasteiger charge is -2.10. The first-order valence-corrected chi connectivity index (χ1v) is 6.80. The fraction of sp³-hybridized carbons (Fsp3) is 0.750. The molecule has 0 rings (SSSR count). The zero-order valence-corrected chi connectivity index (χ0v) is 11.8. The summed E-state index contributed by atoms with van der Waals surface area (Å²) in [4.78, 5) is 21.0. The normalized spacial score (nSPS) is 11.8. The standard InChI is InChI=1S/C8H16N2O2S.H2O4S/c1-6(11)9-4-3-8(13)5-10-7(2)12;1-5(2,3)4/h8,13H,3-5H2,1-2H3,(H,9,11)(H,10,12);(H2,1,2,3,4). The van der Waals surface area contributed by atoms with Gasteiger partial charge in [0, 0.05) is 32.2 Å². The predicted molar refractivity (Wildman–Crippen MR) is 68.9 cm³/mol. The molecule has 0 aliphatic rings. The van der Waals surface area contributed by atoms with Gasteiger partial charge in [-0.15, -0.1) is 0 Å². The molecule has 0 fully saturated rings. The fourth-order valence-corrected chi connectivity index (χ4v) is 0.999. The summed E-state index contributed by atoms with van der Waals surface area (Å²) < 4.78 is 31.6. The van der Waals surface area contributed by atoms with E-state index >= 15 is 0 Å². The van der Waals surface area contributed by atoms with E-state index in [1.54, 1.807) is 0 Å². The van der Waals surface area contributed by atoms with E-state index in [0.29, 0.717) is 13.1 Å². The summed E-state index contributed by atoms with van der Waals surface area (Å²) in [5.74, 6) is -0.0985. The Hall–Kier alpha value is -0.840. The molecule has 4 N–H and O–H groups in total. The summed E-state index contributed by atoms with van der Waals surface area (Å²) in [6.45, 7) is 4.08. The molecule has 18 heavy (non-hydrogen) atoms. The molecule has 0 saturated heterocycles. The highest BCUT2D eigenvalue weighted by molar-refractivity contribution is 7.81. The van der Waals surface area contributed by atoms with Crippen LogP contribution < -0.4 is 10.6 Å². The zero-order valence-electron chi connectivity index (χ0n) is 10.1. The Bertz CT molecular complexity index is 349. The summed E-state index contributed by atoms with van der Waals surface area (Å²) >= 11 is 4.24. The largest absolute Gasteiger partial charge is 0.394 e. The third-order valence-electron chi connectivity index (χ3n) is 1.44. The lowest BCUT2D eigenvalue weighted by Crippen LogP contribution is -2.30.